The minimum absolute atomic E-state index is 0.506. The van der Waals surface area contributed by atoms with E-state index in [-0.39, 0.29) is 0 Å². The van der Waals surface area contributed by atoms with Crippen LogP contribution in [0.5, 0.6) is 0 Å². The van der Waals surface area contributed by atoms with Gasteiger partial charge in [0.1, 0.15) is 0 Å². The second kappa shape index (κ2) is 10.6. The molecule has 0 N–H and O–H groups in total. The maximum Gasteiger partial charge on any atom is 0.248 e. The molecule has 0 aliphatic heterocycles. The van der Waals surface area contributed by atoms with E-state index in [4.69, 9.17) is 8.83 Å². The summed E-state index contributed by atoms with van der Waals surface area (Å²) in [5.74, 6) is 2.11. The molecule has 2 aromatic heterocycles. The molecule has 0 amide bonds. The molecule has 5 aromatic carbocycles. The standard InChI is InChI=1S/C38H28N4O2/c1-23-21-27(17-19-29(23)35-39-41-37(43-35)33-15-7-11-25-9-3-5-13-31(25)33)28-18-20-30(24(2)22-28)36-40-42-38(44-36)34-16-8-12-26-10-4-6-14-32(26)34/h3-5,7-13,15-22H,6,14H2,1-2H3. The molecule has 8 rings (SSSR count). The van der Waals surface area contributed by atoms with Crippen LogP contribution >= 0.6 is 0 Å². The first-order chi connectivity index (χ1) is 21.6. The van der Waals surface area contributed by atoms with Crippen molar-refractivity contribution in [1.29, 1.82) is 0 Å². The van der Waals surface area contributed by atoms with Crippen molar-refractivity contribution in [2.75, 3.05) is 0 Å². The van der Waals surface area contributed by atoms with Crippen LogP contribution in [0.4, 0.5) is 0 Å². The maximum atomic E-state index is 6.22. The van der Waals surface area contributed by atoms with E-state index in [2.05, 4.69) is 107 Å². The fraction of sp³-hybridized carbons (Fsp3) is 0.105. The number of nitrogens with zero attached hydrogens (tertiary/aromatic N) is 4. The number of fused-ring (bicyclic) bond motifs is 2. The maximum absolute atomic E-state index is 6.22. The number of hydrogen-bond acceptors (Lipinski definition) is 6. The monoisotopic (exact) mass is 572 g/mol. The van der Waals surface area contributed by atoms with E-state index < -0.39 is 0 Å². The minimum Gasteiger partial charge on any atom is -0.416 e. The third kappa shape index (κ3) is 4.52. The van der Waals surface area contributed by atoms with Gasteiger partial charge < -0.3 is 8.83 Å². The summed E-state index contributed by atoms with van der Waals surface area (Å²) in [6.45, 7) is 4.15. The van der Waals surface area contributed by atoms with Gasteiger partial charge in [0.15, 0.2) is 0 Å². The molecule has 0 bridgehead atoms. The van der Waals surface area contributed by atoms with E-state index in [0.717, 1.165) is 68.1 Å². The summed E-state index contributed by atoms with van der Waals surface area (Å²) in [5, 5.41) is 19.8. The van der Waals surface area contributed by atoms with Gasteiger partial charge in [0.2, 0.25) is 23.6 Å². The molecule has 0 unspecified atom stereocenters. The Hall–Kier alpha value is -5.62. The lowest BCUT2D eigenvalue weighted by Gasteiger charge is -2.13. The second-order valence-corrected chi connectivity index (χ2v) is 11.2. The molecule has 0 saturated carbocycles. The van der Waals surface area contributed by atoms with Crippen LogP contribution in [0.3, 0.4) is 0 Å². The smallest absolute Gasteiger partial charge is 0.248 e. The molecule has 44 heavy (non-hydrogen) atoms. The molecule has 0 spiro atoms. The highest BCUT2D eigenvalue weighted by molar-refractivity contribution is 5.94. The number of hydrogen-bond donors (Lipinski definition) is 0. The number of aromatic nitrogens is 4. The van der Waals surface area contributed by atoms with Gasteiger partial charge in [-0.25, -0.2) is 0 Å². The van der Waals surface area contributed by atoms with Crippen LogP contribution in [0.25, 0.3) is 73.8 Å². The van der Waals surface area contributed by atoms with Crippen LogP contribution in [0.15, 0.2) is 112 Å². The van der Waals surface area contributed by atoms with Crippen molar-refractivity contribution in [3.8, 4) is 56.9 Å². The lowest BCUT2D eigenvalue weighted by atomic mass is 9.93. The number of benzene rings is 5. The number of aryl methyl sites for hydroxylation is 2. The summed E-state index contributed by atoms with van der Waals surface area (Å²) >= 11 is 0. The summed E-state index contributed by atoms with van der Waals surface area (Å²) < 4.78 is 12.4. The molecule has 1 aliphatic carbocycles. The van der Waals surface area contributed by atoms with Crippen molar-refractivity contribution in [1.82, 2.24) is 20.4 Å². The van der Waals surface area contributed by atoms with Crippen LogP contribution in [0.1, 0.15) is 28.7 Å². The van der Waals surface area contributed by atoms with Crippen molar-refractivity contribution in [2.45, 2.75) is 26.7 Å². The Balaban J connectivity index is 1.06. The summed E-state index contributed by atoms with van der Waals surface area (Å²) in [4.78, 5) is 0. The van der Waals surface area contributed by atoms with Gasteiger partial charge in [-0.05, 0) is 95.1 Å². The molecular formula is C38H28N4O2. The molecule has 2 heterocycles. The molecular weight excluding hydrogens is 544 g/mol. The molecule has 0 saturated heterocycles. The molecule has 6 nitrogen and oxygen atoms in total. The predicted molar refractivity (Wildman–Crippen MR) is 174 cm³/mol. The Bertz CT molecular complexity index is 2220. The molecule has 1 aliphatic rings. The van der Waals surface area contributed by atoms with Gasteiger partial charge in [0.25, 0.3) is 0 Å². The average Bonchev–Trinajstić information content (AvgIpc) is 3.75. The number of rotatable bonds is 5. The largest absolute Gasteiger partial charge is 0.416 e. The highest BCUT2D eigenvalue weighted by Crippen LogP contribution is 2.35. The zero-order valence-electron chi connectivity index (χ0n) is 24.4. The topological polar surface area (TPSA) is 77.8 Å². The van der Waals surface area contributed by atoms with Crippen LogP contribution in [0.2, 0.25) is 0 Å². The van der Waals surface area contributed by atoms with E-state index in [1.807, 2.05) is 36.4 Å². The molecule has 0 atom stereocenters. The minimum atomic E-state index is 0.506. The molecule has 0 fully saturated rings. The van der Waals surface area contributed by atoms with Crippen molar-refractivity contribution in [3.63, 3.8) is 0 Å². The normalized spacial score (nSPS) is 12.5. The van der Waals surface area contributed by atoms with E-state index >= 15 is 0 Å². The van der Waals surface area contributed by atoms with Crippen molar-refractivity contribution in [2.24, 2.45) is 0 Å². The lowest BCUT2D eigenvalue weighted by Crippen LogP contribution is -1.97. The summed E-state index contributed by atoms with van der Waals surface area (Å²) in [7, 11) is 0. The van der Waals surface area contributed by atoms with Gasteiger partial charge in [-0.15, -0.1) is 20.4 Å². The van der Waals surface area contributed by atoms with Gasteiger partial charge in [0, 0.05) is 22.3 Å². The van der Waals surface area contributed by atoms with Gasteiger partial charge >= 0.3 is 0 Å². The highest BCUT2D eigenvalue weighted by Gasteiger charge is 2.19. The first-order valence-corrected chi connectivity index (χ1v) is 14.8. The molecule has 212 valence electrons. The van der Waals surface area contributed by atoms with Gasteiger partial charge in [-0.1, -0.05) is 84.9 Å². The summed E-state index contributed by atoms with van der Waals surface area (Å²) in [6, 6.07) is 33.2. The Morgan fingerprint density at radius 1 is 0.545 bits per heavy atom. The fourth-order valence-corrected chi connectivity index (χ4v) is 6.14. The first-order valence-electron chi connectivity index (χ1n) is 14.8. The molecule has 0 radical (unpaired) electrons. The van der Waals surface area contributed by atoms with Gasteiger partial charge in [0.05, 0.1) is 0 Å². The Morgan fingerprint density at radius 2 is 1.11 bits per heavy atom. The number of allylic oxidation sites excluding steroid dienone is 1. The SMILES string of the molecule is Cc1cc(-c2ccc(-c3nnc(-c4cccc5ccccc45)o3)c(C)c2)ccc1-c1nnc(-c2cccc3c2CCC=C3)o1. The summed E-state index contributed by atoms with van der Waals surface area (Å²) in [6.07, 6.45) is 6.37. The van der Waals surface area contributed by atoms with E-state index in [1.165, 1.54) is 11.1 Å². The van der Waals surface area contributed by atoms with E-state index in [0.29, 0.717) is 23.6 Å². The third-order valence-corrected chi connectivity index (χ3v) is 8.42. The average molecular weight is 573 g/mol. The Kier molecular flexibility index (Phi) is 6.26. The first kappa shape index (κ1) is 26.0. The molecule has 7 aromatic rings. The van der Waals surface area contributed by atoms with Crippen LogP contribution in [0, 0.1) is 13.8 Å². The summed E-state index contributed by atoms with van der Waals surface area (Å²) in [5.41, 5.74) is 10.6. The van der Waals surface area contributed by atoms with Crippen molar-refractivity contribution < 1.29 is 8.83 Å². The van der Waals surface area contributed by atoms with E-state index in [9.17, 15) is 0 Å². The Morgan fingerprint density at radius 3 is 1.80 bits per heavy atom. The third-order valence-electron chi connectivity index (χ3n) is 8.42. The quantitative estimate of drug-likeness (QED) is 0.204. The fourth-order valence-electron chi connectivity index (χ4n) is 6.14. The van der Waals surface area contributed by atoms with Gasteiger partial charge in [-0.3, -0.25) is 0 Å². The predicted octanol–water partition coefficient (Wildman–Crippen LogP) is 9.52. The van der Waals surface area contributed by atoms with Crippen LogP contribution < -0.4 is 0 Å². The Labute approximate surface area is 254 Å². The lowest BCUT2D eigenvalue weighted by molar-refractivity contribution is 0.583. The van der Waals surface area contributed by atoms with Crippen LogP contribution in [-0.2, 0) is 6.42 Å². The van der Waals surface area contributed by atoms with Gasteiger partial charge in [-0.2, -0.15) is 0 Å². The highest BCUT2D eigenvalue weighted by atomic mass is 16.4. The van der Waals surface area contributed by atoms with Crippen molar-refractivity contribution in [3.05, 3.63) is 125 Å². The second-order valence-electron chi connectivity index (χ2n) is 11.2. The van der Waals surface area contributed by atoms with E-state index in [1.54, 1.807) is 0 Å². The molecule has 6 heteroatoms. The van der Waals surface area contributed by atoms with Crippen molar-refractivity contribution >= 4 is 16.8 Å². The zero-order valence-corrected chi connectivity index (χ0v) is 24.4. The zero-order chi connectivity index (χ0) is 29.6. The van der Waals surface area contributed by atoms with Crippen LogP contribution in [-0.4, -0.2) is 20.4 Å².